The maximum atomic E-state index is 13.2. The topological polar surface area (TPSA) is 141 Å². The van der Waals surface area contributed by atoms with Crippen LogP contribution >= 0.6 is 11.3 Å². The van der Waals surface area contributed by atoms with E-state index in [1.807, 2.05) is 32.0 Å². The summed E-state index contributed by atoms with van der Waals surface area (Å²) in [6.45, 7) is 6.04. The zero-order valence-electron chi connectivity index (χ0n) is 21.0. The lowest BCUT2D eigenvalue weighted by Gasteiger charge is -2.07. The van der Waals surface area contributed by atoms with Crippen molar-refractivity contribution in [2.75, 3.05) is 17.2 Å². The number of aromatic amines is 2. The molecule has 11 heteroatoms. The minimum Gasteiger partial charge on any atom is -0.352 e. The van der Waals surface area contributed by atoms with Gasteiger partial charge in [-0.2, -0.15) is 0 Å². The molecule has 0 saturated heterocycles. The normalized spacial score (nSPS) is 11.1. The van der Waals surface area contributed by atoms with Crippen LogP contribution in [0.2, 0.25) is 0 Å². The summed E-state index contributed by atoms with van der Waals surface area (Å²) in [6.07, 6.45) is 0. The molecular formula is C27H26N6O4S. The summed E-state index contributed by atoms with van der Waals surface area (Å²) in [5, 5.41) is 9.01. The fourth-order valence-corrected chi connectivity index (χ4v) is 5.36. The molecular weight excluding hydrogens is 504 g/mol. The van der Waals surface area contributed by atoms with Crippen molar-refractivity contribution in [1.29, 1.82) is 0 Å². The van der Waals surface area contributed by atoms with Crippen molar-refractivity contribution >= 4 is 62.5 Å². The van der Waals surface area contributed by atoms with Crippen LogP contribution in [0.4, 0.5) is 11.5 Å². The first-order valence-electron chi connectivity index (χ1n) is 12.1. The number of hydrogen-bond donors (Lipinski definition) is 5. The predicted molar refractivity (Wildman–Crippen MR) is 150 cm³/mol. The third kappa shape index (κ3) is 4.59. The largest absolute Gasteiger partial charge is 0.352 e. The molecule has 0 aliphatic heterocycles. The summed E-state index contributed by atoms with van der Waals surface area (Å²) >= 11 is 1.32. The van der Waals surface area contributed by atoms with Gasteiger partial charge in [-0.3, -0.25) is 19.0 Å². The third-order valence-corrected chi connectivity index (χ3v) is 7.26. The number of aromatic nitrogens is 3. The predicted octanol–water partition coefficient (Wildman–Crippen LogP) is 4.52. The van der Waals surface area contributed by atoms with E-state index < -0.39 is 0 Å². The van der Waals surface area contributed by atoms with Crippen LogP contribution in [0.5, 0.6) is 0 Å². The zero-order valence-corrected chi connectivity index (χ0v) is 21.8. The minimum atomic E-state index is -0.357. The lowest BCUT2D eigenvalue weighted by Crippen LogP contribution is -2.24. The number of benzene rings is 2. The van der Waals surface area contributed by atoms with Gasteiger partial charge in [0.05, 0.1) is 27.0 Å². The molecule has 0 radical (unpaired) electrons. The Bertz CT molecular complexity index is 1760. The molecule has 5 aromatic rings. The molecule has 3 heterocycles. The smallest absolute Gasteiger partial charge is 0.326 e. The van der Waals surface area contributed by atoms with E-state index >= 15 is 0 Å². The number of nitrogens with one attached hydrogen (secondary N) is 5. The van der Waals surface area contributed by atoms with Crippen molar-refractivity contribution in [3.63, 3.8) is 0 Å². The molecule has 0 aliphatic rings. The van der Waals surface area contributed by atoms with Crippen molar-refractivity contribution in [3.05, 3.63) is 69.5 Å². The van der Waals surface area contributed by atoms with Gasteiger partial charge in [-0.25, -0.2) is 4.79 Å². The monoisotopic (exact) mass is 530 g/mol. The second-order valence-corrected chi connectivity index (χ2v) is 9.78. The van der Waals surface area contributed by atoms with E-state index in [9.17, 15) is 19.2 Å². The molecule has 0 unspecified atom stereocenters. The molecule has 0 bridgehead atoms. The fourth-order valence-electron chi connectivity index (χ4n) is 4.45. The number of nitrogens with zero attached hydrogens (tertiary/aromatic N) is 1. The summed E-state index contributed by atoms with van der Waals surface area (Å²) in [5.74, 6) is -0.554. The van der Waals surface area contributed by atoms with Crippen LogP contribution in [0, 0.1) is 0 Å². The average Bonchev–Trinajstić information content (AvgIpc) is 3.57. The first-order chi connectivity index (χ1) is 18.3. The first-order valence-corrected chi connectivity index (χ1v) is 13.0. The van der Waals surface area contributed by atoms with E-state index in [1.165, 1.54) is 18.3 Å². The summed E-state index contributed by atoms with van der Waals surface area (Å²) in [7, 11) is 0. The van der Waals surface area contributed by atoms with Crippen molar-refractivity contribution in [3.8, 4) is 10.4 Å². The van der Waals surface area contributed by atoms with Crippen LogP contribution < -0.4 is 21.6 Å². The van der Waals surface area contributed by atoms with Gasteiger partial charge in [0.2, 0.25) is 5.91 Å². The van der Waals surface area contributed by atoms with Crippen molar-refractivity contribution in [1.82, 2.24) is 19.9 Å². The number of rotatable bonds is 7. The zero-order chi connectivity index (χ0) is 27.0. The van der Waals surface area contributed by atoms with Gasteiger partial charge in [-0.05, 0) is 55.8 Å². The second-order valence-electron chi connectivity index (χ2n) is 8.70. The quantitative estimate of drug-likeness (QED) is 0.211. The first kappa shape index (κ1) is 25.0. The highest BCUT2D eigenvalue weighted by Crippen LogP contribution is 2.32. The highest BCUT2D eigenvalue weighted by molar-refractivity contribution is 7.17. The van der Waals surface area contributed by atoms with E-state index in [1.54, 1.807) is 34.9 Å². The Morgan fingerprint density at radius 2 is 1.68 bits per heavy atom. The molecule has 5 rings (SSSR count). The number of carbonyl (C=O) groups excluding carboxylic acids is 3. The Labute approximate surface area is 221 Å². The maximum absolute atomic E-state index is 13.2. The summed E-state index contributed by atoms with van der Waals surface area (Å²) in [5.41, 5.74) is 3.62. The number of fused-ring (bicyclic) bond motifs is 2. The van der Waals surface area contributed by atoms with Gasteiger partial charge < -0.3 is 25.9 Å². The highest BCUT2D eigenvalue weighted by atomic mass is 32.1. The standard InChI is InChI=1S/C27H26N6O4S/c1-4-28-26(36)23-17-12-20-19(31-27(37)33(20)5-2)13-18(17)30-24(23)32-25(35)22-11-10-21(38-22)15-6-8-16(9-7-15)29-14(3)34/h6-13,30H,4-5H2,1-3H3,(H,28,36)(H,29,34)(H,31,37)(H,32,35). The van der Waals surface area contributed by atoms with Crippen LogP contribution in [0.3, 0.4) is 0 Å². The third-order valence-electron chi connectivity index (χ3n) is 6.13. The number of aryl methyl sites for hydroxylation is 1. The van der Waals surface area contributed by atoms with Crippen LogP contribution in [-0.4, -0.2) is 38.8 Å². The Hall–Kier alpha value is -4.64. The van der Waals surface area contributed by atoms with Gasteiger partial charge in [0.1, 0.15) is 5.82 Å². The van der Waals surface area contributed by atoms with Crippen molar-refractivity contribution in [2.24, 2.45) is 0 Å². The number of thiophene rings is 1. The number of hydrogen-bond acceptors (Lipinski definition) is 5. The molecule has 3 amide bonds. The van der Waals surface area contributed by atoms with Gasteiger partial charge in [-0.15, -0.1) is 11.3 Å². The van der Waals surface area contributed by atoms with Crippen LogP contribution in [-0.2, 0) is 11.3 Å². The second kappa shape index (κ2) is 10.0. The Morgan fingerprint density at radius 1 is 0.921 bits per heavy atom. The number of H-pyrrole nitrogens is 2. The number of anilines is 2. The molecule has 0 spiro atoms. The molecule has 0 saturated carbocycles. The molecule has 3 aromatic heterocycles. The van der Waals surface area contributed by atoms with E-state index in [2.05, 4.69) is 25.9 Å². The molecule has 0 fully saturated rings. The SMILES string of the molecule is CCNC(=O)c1c(NC(=O)c2ccc(-c3ccc(NC(C)=O)cc3)s2)[nH]c2cc3[nH]c(=O)n(CC)c3cc12. The van der Waals surface area contributed by atoms with Crippen LogP contribution in [0.25, 0.3) is 32.4 Å². The lowest BCUT2D eigenvalue weighted by molar-refractivity contribution is -0.114. The molecule has 0 atom stereocenters. The summed E-state index contributed by atoms with van der Waals surface area (Å²) in [4.78, 5) is 57.1. The lowest BCUT2D eigenvalue weighted by atomic mass is 10.1. The molecule has 2 aromatic carbocycles. The van der Waals surface area contributed by atoms with Gasteiger partial charge >= 0.3 is 5.69 Å². The number of amides is 3. The number of imidazole rings is 1. The van der Waals surface area contributed by atoms with Gasteiger partial charge in [-0.1, -0.05) is 12.1 Å². The van der Waals surface area contributed by atoms with Crippen LogP contribution in [0.1, 0.15) is 40.8 Å². The van der Waals surface area contributed by atoms with Gasteiger partial charge in [0.15, 0.2) is 0 Å². The average molecular weight is 531 g/mol. The van der Waals surface area contributed by atoms with E-state index in [0.717, 1.165) is 10.4 Å². The van der Waals surface area contributed by atoms with Crippen LogP contribution in [0.15, 0.2) is 53.3 Å². The molecule has 0 aliphatic carbocycles. The Balaban J connectivity index is 1.48. The van der Waals surface area contributed by atoms with Gasteiger partial charge in [0, 0.05) is 36.0 Å². The van der Waals surface area contributed by atoms with Crippen molar-refractivity contribution < 1.29 is 14.4 Å². The van der Waals surface area contributed by atoms with E-state index in [0.29, 0.717) is 51.2 Å². The van der Waals surface area contributed by atoms with E-state index in [-0.39, 0.29) is 29.2 Å². The number of carbonyl (C=O) groups is 3. The Morgan fingerprint density at radius 3 is 2.37 bits per heavy atom. The van der Waals surface area contributed by atoms with Gasteiger partial charge in [0.25, 0.3) is 11.8 Å². The molecule has 5 N–H and O–H groups in total. The summed E-state index contributed by atoms with van der Waals surface area (Å²) < 4.78 is 1.59. The highest BCUT2D eigenvalue weighted by Gasteiger charge is 2.22. The van der Waals surface area contributed by atoms with E-state index in [4.69, 9.17) is 0 Å². The maximum Gasteiger partial charge on any atom is 0.326 e. The Kier molecular flexibility index (Phi) is 6.60. The van der Waals surface area contributed by atoms with Crippen molar-refractivity contribution in [2.45, 2.75) is 27.3 Å². The minimum absolute atomic E-state index is 0.145. The molecule has 38 heavy (non-hydrogen) atoms. The summed E-state index contributed by atoms with van der Waals surface area (Å²) in [6, 6.07) is 14.5. The fraction of sp³-hybridized carbons (Fsp3) is 0.185. The molecule has 194 valence electrons. The molecule has 10 nitrogen and oxygen atoms in total.